The minimum absolute atomic E-state index is 0.321. The van der Waals surface area contributed by atoms with Crippen LogP contribution in [0.2, 0.25) is 0 Å². The zero-order valence-corrected chi connectivity index (χ0v) is 14.9. The summed E-state index contributed by atoms with van der Waals surface area (Å²) in [5, 5.41) is 49.4. The van der Waals surface area contributed by atoms with Gasteiger partial charge in [-0.25, -0.2) is 0 Å². The Morgan fingerprint density at radius 2 is 1.40 bits per heavy atom. The van der Waals surface area contributed by atoms with Gasteiger partial charge >= 0.3 is 0 Å². The number of hydrogen-bond donors (Lipinski definition) is 5. The first-order valence-electron chi connectivity index (χ1n) is 9.11. The number of Topliss-reactive ketones (excluding diaryl/α,β-unsaturated/α-hetero) is 1. The molecule has 0 saturated carbocycles. The highest BCUT2D eigenvalue weighted by Crippen LogP contribution is 2.51. The average molecular weight is 358 g/mol. The molecule has 144 valence electrons. The Balaban J connectivity index is 1.84. The van der Waals surface area contributed by atoms with Crippen molar-refractivity contribution in [2.75, 3.05) is 32.8 Å². The molecule has 0 aromatic carbocycles. The summed E-state index contributed by atoms with van der Waals surface area (Å²) in [6.07, 6.45) is -5.10. The summed E-state index contributed by atoms with van der Waals surface area (Å²) in [6.45, 7) is 5.47. The van der Waals surface area contributed by atoms with Crippen LogP contribution in [-0.2, 0) is 4.79 Å². The molecule has 4 aliphatic rings. The number of aliphatic hydroxyl groups is 5. The molecule has 4 atom stereocenters. The molecule has 4 aliphatic heterocycles. The number of rotatable bonds is 7. The van der Waals surface area contributed by atoms with Crippen LogP contribution in [-0.4, -0.2) is 104 Å². The van der Waals surface area contributed by atoms with E-state index in [0.717, 1.165) is 12.8 Å². The zero-order chi connectivity index (χ0) is 18.6. The van der Waals surface area contributed by atoms with Crippen molar-refractivity contribution in [3.8, 4) is 0 Å². The number of carbonyl (C=O) groups is 1. The van der Waals surface area contributed by atoms with Gasteiger partial charge in [-0.15, -0.1) is 0 Å². The third-order valence-electron chi connectivity index (χ3n) is 6.67. The van der Waals surface area contributed by atoms with Crippen LogP contribution in [0.25, 0.3) is 0 Å². The Morgan fingerprint density at radius 3 is 1.76 bits per heavy atom. The van der Waals surface area contributed by atoms with E-state index in [0.29, 0.717) is 32.0 Å². The summed E-state index contributed by atoms with van der Waals surface area (Å²) >= 11 is 0. The van der Waals surface area contributed by atoms with Crippen LogP contribution in [0.5, 0.6) is 0 Å². The number of aliphatic hydroxyl groups excluding tert-OH is 5. The van der Waals surface area contributed by atoms with Gasteiger partial charge in [0.25, 0.3) is 0 Å². The van der Waals surface area contributed by atoms with Crippen molar-refractivity contribution < 1.29 is 30.3 Å². The Morgan fingerprint density at radius 1 is 0.960 bits per heavy atom. The van der Waals surface area contributed by atoms with Crippen molar-refractivity contribution in [3.05, 3.63) is 0 Å². The van der Waals surface area contributed by atoms with Gasteiger partial charge in [0.2, 0.25) is 0 Å². The largest absolute Gasteiger partial charge is 0.394 e. The van der Waals surface area contributed by atoms with Gasteiger partial charge in [-0.05, 0) is 12.8 Å². The van der Waals surface area contributed by atoms with Gasteiger partial charge in [0, 0.05) is 26.2 Å². The van der Waals surface area contributed by atoms with Crippen LogP contribution in [0.3, 0.4) is 0 Å². The van der Waals surface area contributed by atoms with Crippen molar-refractivity contribution in [1.82, 2.24) is 9.80 Å². The lowest BCUT2D eigenvalue weighted by Gasteiger charge is -2.67. The third kappa shape index (κ3) is 2.66. The molecule has 4 rings (SSSR count). The van der Waals surface area contributed by atoms with Crippen molar-refractivity contribution >= 4 is 5.78 Å². The summed E-state index contributed by atoms with van der Waals surface area (Å²) in [4.78, 5) is 17.1. The fraction of sp³-hybridized carbons (Fsp3) is 0.941. The van der Waals surface area contributed by atoms with Gasteiger partial charge in [0.05, 0.1) is 23.6 Å². The molecular formula is C17H30N2O6. The Kier molecular flexibility index (Phi) is 5.00. The topological polar surface area (TPSA) is 125 Å². The monoisotopic (exact) mass is 358 g/mol. The van der Waals surface area contributed by atoms with E-state index in [1.165, 1.54) is 0 Å². The fourth-order valence-corrected chi connectivity index (χ4v) is 5.14. The maximum absolute atomic E-state index is 13.1. The Labute approximate surface area is 147 Å². The molecule has 25 heavy (non-hydrogen) atoms. The van der Waals surface area contributed by atoms with Gasteiger partial charge in [0.1, 0.15) is 30.2 Å². The third-order valence-corrected chi connectivity index (χ3v) is 6.67. The van der Waals surface area contributed by atoms with Crippen LogP contribution >= 0.6 is 0 Å². The minimum Gasteiger partial charge on any atom is -0.394 e. The van der Waals surface area contributed by atoms with Gasteiger partial charge in [-0.3, -0.25) is 14.6 Å². The second kappa shape index (κ2) is 6.53. The highest BCUT2D eigenvalue weighted by Gasteiger charge is 2.65. The van der Waals surface area contributed by atoms with Gasteiger partial charge in [0.15, 0.2) is 0 Å². The van der Waals surface area contributed by atoms with Crippen molar-refractivity contribution in [2.24, 2.45) is 10.8 Å². The predicted octanol–water partition coefficient (Wildman–Crippen LogP) is -2.24. The maximum Gasteiger partial charge on any atom is 0.150 e. The van der Waals surface area contributed by atoms with E-state index in [9.17, 15) is 25.2 Å². The first-order chi connectivity index (χ1) is 11.7. The molecule has 0 unspecified atom stereocenters. The summed E-state index contributed by atoms with van der Waals surface area (Å²) < 4.78 is 0. The normalized spacial score (nSPS) is 44.6. The summed E-state index contributed by atoms with van der Waals surface area (Å²) in [5.74, 6) is 0.321. The van der Waals surface area contributed by atoms with Crippen LogP contribution in [0.1, 0.15) is 26.7 Å². The van der Waals surface area contributed by atoms with Crippen molar-refractivity contribution in [2.45, 2.75) is 57.3 Å². The molecule has 0 spiro atoms. The molecule has 5 N–H and O–H groups in total. The highest BCUT2D eigenvalue weighted by atomic mass is 16.4. The number of nitrogens with zero attached hydrogens (tertiary/aromatic N) is 2. The van der Waals surface area contributed by atoms with E-state index >= 15 is 0 Å². The summed E-state index contributed by atoms with van der Waals surface area (Å²) in [6, 6.07) is 0. The highest BCUT2D eigenvalue weighted by molar-refractivity contribution is 5.93. The van der Waals surface area contributed by atoms with Crippen molar-refractivity contribution in [3.63, 3.8) is 0 Å². The molecular weight excluding hydrogens is 328 g/mol. The zero-order valence-electron chi connectivity index (χ0n) is 14.9. The number of hydrogen-bond acceptors (Lipinski definition) is 8. The fourth-order valence-electron chi connectivity index (χ4n) is 5.14. The smallest absolute Gasteiger partial charge is 0.150 e. The SMILES string of the molecule is CCC12CN3CC(CC)(CN(C1)C3[C@@H](O)[C@@H](O)[C@H](O)[C@H](O)CO)C2=O. The molecule has 8 heteroatoms. The lowest BCUT2D eigenvalue weighted by molar-refractivity contribution is -0.234. The lowest BCUT2D eigenvalue weighted by Crippen LogP contribution is -2.81. The second-order valence-corrected chi connectivity index (χ2v) is 8.04. The minimum atomic E-state index is -1.64. The standard InChI is InChI=1S/C17H30N2O6/c1-3-16-6-18-8-17(4-2,15(16)25)9-19(7-16)14(18)13(24)12(23)11(22)10(21)5-20/h10-14,20-24H,3-9H2,1-2H3/t10-,11-,12+,13+,14?,16?,17?/m1/s1. The van der Waals surface area contributed by atoms with E-state index < -0.39 is 48.0 Å². The van der Waals surface area contributed by atoms with E-state index in [1.807, 2.05) is 23.6 Å². The maximum atomic E-state index is 13.1. The average Bonchev–Trinajstić information content (AvgIpc) is 2.62. The molecule has 0 aromatic heterocycles. The van der Waals surface area contributed by atoms with Crippen LogP contribution in [0, 0.1) is 10.8 Å². The van der Waals surface area contributed by atoms with Crippen LogP contribution in [0.4, 0.5) is 0 Å². The summed E-state index contributed by atoms with van der Waals surface area (Å²) in [5.41, 5.74) is -0.867. The molecule has 0 aromatic rings. The number of piperidine rings is 2. The quantitative estimate of drug-likeness (QED) is 0.346. The summed E-state index contributed by atoms with van der Waals surface area (Å²) in [7, 11) is 0. The molecule has 0 radical (unpaired) electrons. The number of carbonyl (C=O) groups excluding carboxylic acids is 1. The second-order valence-electron chi connectivity index (χ2n) is 8.04. The molecule has 8 nitrogen and oxygen atoms in total. The van der Waals surface area contributed by atoms with E-state index in [-0.39, 0.29) is 0 Å². The molecule has 4 saturated heterocycles. The first kappa shape index (κ1) is 19.2. The van der Waals surface area contributed by atoms with E-state index in [1.54, 1.807) is 0 Å². The first-order valence-corrected chi connectivity index (χ1v) is 9.11. The predicted molar refractivity (Wildman–Crippen MR) is 88.5 cm³/mol. The molecule has 0 aliphatic carbocycles. The lowest BCUT2D eigenvalue weighted by atomic mass is 9.58. The molecule has 0 amide bonds. The molecule has 4 fully saturated rings. The molecule has 4 heterocycles. The van der Waals surface area contributed by atoms with Crippen LogP contribution in [0.15, 0.2) is 0 Å². The Hall–Kier alpha value is -0.610. The van der Waals surface area contributed by atoms with E-state index in [4.69, 9.17) is 5.11 Å². The van der Waals surface area contributed by atoms with Crippen LogP contribution < -0.4 is 0 Å². The van der Waals surface area contributed by atoms with Gasteiger partial charge in [-0.1, -0.05) is 13.8 Å². The Bertz CT molecular complexity index is 487. The molecule has 4 bridgehead atoms. The van der Waals surface area contributed by atoms with Gasteiger partial charge in [-0.2, -0.15) is 0 Å². The van der Waals surface area contributed by atoms with Gasteiger partial charge < -0.3 is 25.5 Å². The number of ketones is 1. The van der Waals surface area contributed by atoms with Crippen molar-refractivity contribution in [1.29, 1.82) is 0 Å². The van der Waals surface area contributed by atoms with E-state index in [2.05, 4.69) is 0 Å².